The number of thiazole rings is 1. The SMILES string of the molecule is COCCc1ncc(CN2CCC[C@H]2c2cccc(Nc3nccs3)n2)cn1. The van der Waals surface area contributed by atoms with Crippen molar-refractivity contribution in [3.8, 4) is 0 Å². The van der Waals surface area contributed by atoms with Gasteiger partial charge in [-0.05, 0) is 31.5 Å². The molecule has 7 nitrogen and oxygen atoms in total. The van der Waals surface area contributed by atoms with Crippen LogP contribution in [0.15, 0.2) is 42.2 Å². The van der Waals surface area contributed by atoms with E-state index in [0.29, 0.717) is 12.6 Å². The number of rotatable bonds is 8. The monoisotopic (exact) mass is 396 g/mol. The second-order valence-electron chi connectivity index (χ2n) is 6.79. The topological polar surface area (TPSA) is 76.1 Å². The molecule has 1 atom stereocenters. The Labute approximate surface area is 168 Å². The molecule has 1 fully saturated rings. The summed E-state index contributed by atoms with van der Waals surface area (Å²) < 4.78 is 5.09. The smallest absolute Gasteiger partial charge is 0.188 e. The fourth-order valence-electron chi connectivity index (χ4n) is 3.47. The van der Waals surface area contributed by atoms with E-state index in [2.05, 4.69) is 37.3 Å². The van der Waals surface area contributed by atoms with Gasteiger partial charge in [-0.2, -0.15) is 0 Å². The third kappa shape index (κ3) is 4.70. The van der Waals surface area contributed by atoms with Gasteiger partial charge in [0.2, 0.25) is 0 Å². The van der Waals surface area contributed by atoms with Crippen molar-refractivity contribution in [2.24, 2.45) is 0 Å². The minimum atomic E-state index is 0.311. The van der Waals surface area contributed by atoms with Crippen LogP contribution in [0.3, 0.4) is 0 Å². The van der Waals surface area contributed by atoms with E-state index in [4.69, 9.17) is 9.72 Å². The van der Waals surface area contributed by atoms with Crippen molar-refractivity contribution in [1.29, 1.82) is 0 Å². The van der Waals surface area contributed by atoms with E-state index in [-0.39, 0.29) is 0 Å². The van der Waals surface area contributed by atoms with Crippen LogP contribution in [0.4, 0.5) is 10.9 Å². The van der Waals surface area contributed by atoms with E-state index in [0.717, 1.165) is 54.0 Å². The fourth-order valence-corrected chi connectivity index (χ4v) is 4.01. The van der Waals surface area contributed by atoms with E-state index >= 15 is 0 Å². The maximum absolute atomic E-state index is 5.09. The lowest BCUT2D eigenvalue weighted by Gasteiger charge is -2.24. The first-order chi connectivity index (χ1) is 13.8. The molecule has 28 heavy (non-hydrogen) atoms. The van der Waals surface area contributed by atoms with Crippen LogP contribution < -0.4 is 5.32 Å². The molecule has 146 valence electrons. The minimum Gasteiger partial charge on any atom is -0.384 e. The second kappa shape index (κ2) is 9.18. The summed E-state index contributed by atoms with van der Waals surface area (Å²) in [6, 6.07) is 6.46. The lowest BCUT2D eigenvalue weighted by molar-refractivity contribution is 0.200. The summed E-state index contributed by atoms with van der Waals surface area (Å²) in [6.07, 6.45) is 8.68. The Morgan fingerprint density at radius 2 is 2.14 bits per heavy atom. The Morgan fingerprint density at radius 3 is 2.93 bits per heavy atom. The second-order valence-corrected chi connectivity index (χ2v) is 7.68. The quantitative estimate of drug-likeness (QED) is 0.623. The predicted molar refractivity (Wildman–Crippen MR) is 110 cm³/mol. The van der Waals surface area contributed by atoms with Crippen LogP contribution in [0, 0.1) is 0 Å². The van der Waals surface area contributed by atoms with Gasteiger partial charge in [-0.15, -0.1) is 11.3 Å². The van der Waals surface area contributed by atoms with Crippen molar-refractivity contribution in [3.63, 3.8) is 0 Å². The molecule has 0 bridgehead atoms. The summed E-state index contributed by atoms with van der Waals surface area (Å²) in [6.45, 7) is 2.54. The van der Waals surface area contributed by atoms with Gasteiger partial charge in [0.1, 0.15) is 11.6 Å². The van der Waals surface area contributed by atoms with Gasteiger partial charge in [-0.25, -0.2) is 19.9 Å². The van der Waals surface area contributed by atoms with Crippen molar-refractivity contribution in [2.45, 2.75) is 31.8 Å². The van der Waals surface area contributed by atoms with E-state index in [9.17, 15) is 0 Å². The average molecular weight is 397 g/mol. The van der Waals surface area contributed by atoms with Gasteiger partial charge in [0.05, 0.1) is 18.3 Å². The third-order valence-electron chi connectivity index (χ3n) is 4.82. The summed E-state index contributed by atoms with van der Waals surface area (Å²) in [5, 5.41) is 6.09. The van der Waals surface area contributed by atoms with Crippen LogP contribution in [0.2, 0.25) is 0 Å². The number of aromatic nitrogens is 4. The zero-order valence-corrected chi connectivity index (χ0v) is 16.7. The molecule has 0 aliphatic carbocycles. The largest absolute Gasteiger partial charge is 0.384 e. The molecule has 1 N–H and O–H groups in total. The number of likely N-dealkylation sites (tertiary alicyclic amines) is 1. The Morgan fingerprint density at radius 1 is 1.25 bits per heavy atom. The Bertz CT molecular complexity index is 871. The van der Waals surface area contributed by atoms with E-state index in [1.54, 1.807) is 24.6 Å². The highest BCUT2D eigenvalue weighted by atomic mass is 32.1. The fraction of sp³-hybridized carbons (Fsp3) is 0.400. The molecule has 8 heteroatoms. The molecule has 1 saturated heterocycles. The summed E-state index contributed by atoms with van der Waals surface area (Å²) in [7, 11) is 1.69. The summed E-state index contributed by atoms with van der Waals surface area (Å²) in [5.74, 6) is 1.66. The first kappa shape index (κ1) is 18.9. The molecule has 0 aromatic carbocycles. The minimum absolute atomic E-state index is 0.311. The van der Waals surface area contributed by atoms with Crippen molar-refractivity contribution in [3.05, 3.63) is 59.3 Å². The number of ether oxygens (including phenoxy) is 1. The highest BCUT2D eigenvalue weighted by Gasteiger charge is 2.27. The molecule has 1 aliphatic rings. The van der Waals surface area contributed by atoms with Gasteiger partial charge in [0, 0.05) is 49.6 Å². The molecular formula is C20H24N6OS. The van der Waals surface area contributed by atoms with Gasteiger partial charge >= 0.3 is 0 Å². The first-order valence-corrected chi connectivity index (χ1v) is 10.4. The number of anilines is 2. The maximum atomic E-state index is 5.09. The number of pyridine rings is 1. The lowest BCUT2D eigenvalue weighted by atomic mass is 10.1. The van der Waals surface area contributed by atoms with E-state index in [1.807, 2.05) is 23.8 Å². The molecular weight excluding hydrogens is 372 g/mol. The predicted octanol–water partition coefficient (Wildman–Crippen LogP) is 3.60. The zero-order valence-electron chi connectivity index (χ0n) is 15.9. The van der Waals surface area contributed by atoms with Crippen LogP contribution in [0.5, 0.6) is 0 Å². The molecule has 4 heterocycles. The Kier molecular flexibility index (Phi) is 6.20. The van der Waals surface area contributed by atoms with E-state index in [1.165, 1.54) is 6.42 Å². The summed E-state index contributed by atoms with van der Waals surface area (Å²) in [4.78, 5) is 20.5. The van der Waals surface area contributed by atoms with Gasteiger partial charge in [0.15, 0.2) is 5.13 Å². The van der Waals surface area contributed by atoms with Crippen LogP contribution in [0.25, 0.3) is 0 Å². The van der Waals surface area contributed by atoms with Gasteiger partial charge in [-0.3, -0.25) is 4.90 Å². The highest BCUT2D eigenvalue weighted by molar-refractivity contribution is 7.13. The average Bonchev–Trinajstić information content (AvgIpc) is 3.40. The standard InChI is InChI=1S/C20H24N6OS/c1-27-10-7-18-22-12-15(13-23-18)14-26-9-3-5-17(26)16-4-2-6-19(24-16)25-20-21-8-11-28-20/h2,4,6,8,11-13,17H,3,5,7,9-10,14H2,1H3,(H,21,24,25)/t17-/m0/s1. The van der Waals surface area contributed by atoms with Crippen molar-refractivity contribution in [1.82, 2.24) is 24.8 Å². The van der Waals surface area contributed by atoms with Crippen LogP contribution in [-0.4, -0.2) is 45.1 Å². The number of hydrogen-bond donors (Lipinski definition) is 1. The Balaban J connectivity index is 1.43. The first-order valence-electron chi connectivity index (χ1n) is 9.48. The van der Waals surface area contributed by atoms with Crippen LogP contribution in [-0.2, 0) is 17.7 Å². The highest BCUT2D eigenvalue weighted by Crippen LogP contribution is 2.32. The zero-order chi connectivity index (χ0) is 19.2. The van der Waals surface area contributed by atoms with Crippen molar-refractivity contribution in [2.75, 3.05) is 25.6 Å². The normalized spacial score (nSPS) is 17.1. The molecule has 3 aromatic heterocycles. The summed E-state index contributed by atoms with van der Waals surface area (Å²) in [5.41, 5.74) is 2.22. The van der Waals surface area contributed by atoms with Crippen LogP contribution in [0.1, 0.15) is 36.0 Å². The van der Waals surface area contributed by atoms with Gasteiger partial charge in [0.25, 0.3) is 0 Å². The van der Waals surface area contributed by atoms with Crippen molar-refractivity contribution >= 4 is 22.3 Å². The molecule has 4 rings (SSSR count). The van der Waals surface area contributed by atoms with Gasteiger partial charge < -0.3 is 10.1 Å². The van der Waals surface area contributed by atoms with Crippen LogP contribution >= 0.6 is 11.3 Å². The van der Waals surface area contributed by atoms with Crippen molar-refractivity contribution < 1.29 is 4.74 Å². The third-order valence-corrected chi connectivity index (χ3v) is 5.51. The lowest BCUT2D eigenvalue weighted by Crippen LogP contribution is -2.24. The number of hydrogen-bond acceptors (Lipinski definition) is 8. The molecule has 1 aliphatic heterocycles. The molecule has 0 radical (unpaired) electrons. The molecule has 3 aromatic rings. The number of methoxy groups -OCH3 is 1. The molecule has 0 amide bonds. The maximum Gasteiger partial charge on any atom is 0.188 e. The molecule has 0 unspecified atom stereocenters. The van der Waals surface area contributed by atoms with Gasteiger partial charge in [-0.1, -0.05) is 6.07 Å². The van der Waals surface area contributed by atoms with E-state index < -0.39 is 0 Å². The summed E-state index contributed by atoms with van der Waals surface area (Å²) >= 11 is 1.57. The Hall–Kier alpha value is -2.42. The number of nitrogens with zero attached hydrogens (tertiary/aromatic N) is 5. The molecule has 0 saturated carbocycles. The molecule has 0 spiro atoms. The number of nitrogens with one attached hydrogen (secondary N) is 1.